The van der Waals surface area contributed by atoms with E-state index in [0.29, 0.717) is 4.34 Å². The Hall–Kier alpha value is -0.690. The van der Waals surface area contributed by atoms with Crippen molar-refractivity contribution in [3.63, 3.8) is 0 Å². The maximum absolute atomic E-state index is 13.6. The van der Waals surface area contributed by atoms with E-state index in [9.17, 15) is 13.6 Å². The lowest BCUT2D eigenvalue weighted by Crippen LogP contribution is -2.14. The van der Waals surface area contributed by atoms with Crippen LogP contribution in [0.4, 0.5) is 14.5 Å². The molecule has 1 amide bonds. The third-order valence-electron chi connectivity index (χ3n) is 2.15. The van der Waals surface area contributed by atoms with Crippen LogP contribution in [-0.2, 0) is 0 Å². The molecular weight excluding hydrogens is 383 g/mol. The molecule has 1 aromatic heterocycles. The van der Waals surface area contributed by atoms with Gasteiger partial charge in [0.15, 0.2) is 11.6 Å². The van der Waals surface area contributed by atoms with E-state index in [0.717, 1.165) is 23.5 Å². The van der Waals surface area contributed by atoms with Crippen molar-refractivity contribution in [2.45, 2.75) is 0 Å². The van der Waals surface area contributed by atoms with Crippen molar-refractivity contribution in [1.82, 2.24) is 0 Å². The average molecular weight is 387 g/mol. The fourth-order valence-corrected chi connectivity index (χ4v) is 3.20. The van der Waals surface area contributed by atoms with Gasteiger partial charge in [-0.05, 0) is 18.2 Å². The largest absolute Gasteiger partial charge is 0.317 e. The summed E-state index contributed by atoms with van der Waals surface area (Å²) in [6, 6.07) is 3.42. The fraction of sp³-hybridized carbons (Fsp3) is 0. The van der Waals surface area contributed by atoms with Crippen LogP contribution in [0.5, 0.6) is 0 Å². The molecule has 1 aromatic carbocycles. The predicted molar refractivity (Wildman–Crippen MR) is 76.4 cm³/mol. The molecule has 1 heterocycles. The van der Waals surface area contributed by atoms with Gasteiger partial charge in [-0.3, -0.25) is 4.79 Å². The second-order valence-electron chi connectivity index (χ2n) is 3.44. The zero-order chi connectivity index (χ0) is 14.2. The highest BCUT2D eigenvalue weighted by atomic mass is 79.9. The Morgan fingerprint density at radius 1 is 1.21 bits per heavy atom. The zero-order valence-electron chi connectivity index (χ0n) is 8.94. The van der Waals surface area contributed by atoms with E-state index in [4.69, 9.17) is 23.2 Å². The van der Waals surface area contributed by atoms with Gasteiger partial charge in [0.1, 0.15) is 10.0 Å². The number of hydrogen-bond donors (Lipinski definition) is 1. The van der Waals surface area contributed by atoms with Crippen LogP contribution < -0.4 is 5.32 Å². The Labute approximate surface area is 129 Å². The molecule has 0 spiro atoms. The maximum atomic E-state index is 13.6. The number of carbonyl (C=O) groups is 1. The number of anilines is 1. The van der Waals surface area contributed by atoms with Gasteiger partial charge >= 0.3 is 0 Å². The van der Waals surface area contributed by atoms with E-state index in [1.54, 1.807) is 0 Å². The summed E-state index contributed by atoms with van der Waals surface area (Å²) in [5, 5.41) is 2.13. The summed E-state index contributed by atoms with van der Waals surface area (Å²) in [4.78, 5) is 11.8. The second-order valence-corrected chi connectivity index (χ2v) is 6.64. The number of rotatable bonds is 2. The molecule has 2 aromatic rings. The third-order valence-corrected chi connectivity index (χ3v) is 4.09. The maximum Gasteiger partial charge on any atom is 0.258 e. The molecule has 0 atom stereocenters. The van der Waals surface area contributed by atoms with Crippen molar-refractivity contribution in [3.8, 4) is 0 Å². The SMILES string of the molecule is O=C(Nc1c(F)cc(Br)cc1F)c1cc(Cl)sc1Cl. The van der Waals surface area contributed by atoms with Gasteiger partial charge in [0.25, 0.3) is 5.91 Å². The molecule has 2 rings (SSSR count). The minimum atomic E-state index is -0.891. The molecule has 0 aliphatic heterocycles. The van der Waals surface area contributed by atoms with E-state index in [1.807, 2.05) is 0 Å². The minimum Gasteiger partial charge on any atom is -0.317 e. The first-order valence-corrected chi connectivity index (χ1v) is 7.15. The van der Waals surface area contributed by atoms with Crippen LogP contribution in [0.25, 0.3) is 0 Å². The summed E-state index contributed by atoms with van der Waals surface area (Å²) in [6.45, 7) is 0. The molecule has 2 nitrogen and oxygen atoms in total. The summed E-state index contributed by atoms with van der Waals surface area (Å²) in [7, 11) is 0. The standard InChI is InChI=1S/C11H4BrCl2F2NOS/c12-4-1-6(15)9(7(16)2-4)17-11(18)5-3-8(13)19-10(5)14/h1-3H,(H,17,18). The van der Waals surface area contributed by atoms with Crippen molar-refractivity contribution >= 4 is 62.1 Å². The highest BCUT2D eigenvalue weighted by Gasteiger charge is 2.18. The first-order chi connectivity index (χ1) is 8.88. The van der Waals surface area contributed by atoms with Gasteiger partial charge in [-0.15, -0.1) is 11.3 Å². The molecule has 0 radical (unpaired) electrons. The van der Waals surface area contributed by atoms with E-state index >= 15 is 0 Å². The van der Waals surface area contributed by atoms with Gasteiger partial charge in [-0.25, -0.2) is 8.78 Å². The lowest BCUT2D eigenvalue weighted by atomic mass is 10.2. The first kappa shape index (κ1) is 14.7. The Kier molecular flexibility index (Phi) is 4.45. The Bertz CT molecular complexity index is 639. The molecule has 0 fully saturated rings. The predicted octanol–water partition coefficient (Wildman–Crippen LogP) is 5.35. The van der Waals surface area contributed by atoms with Gasteiger partial charge in [0.05, 0.1) is 9.90 Å². The Morgan fingerprint density at radius 2 is 1.79 bits per heavy atom. The zero-order valence-corrected chi connectivity index (χ0v) is 12.9. The monoisotopic (exact) mass is 385 g/mol. The van der Waals surface area contributed by atoms with Gasteiger partial charge in [-0.2, -0.15) is 0 Å². The number of nitrogens with one attached hydrogen (secondary N) is 1. The topological polar surface area (TPSA) is 29.1 Å². The highest BCUT2D eigenvalue weighted by Crippen LogP contribution is 2.32. The molecule has 0 unspecified atom stereocenters. The Morgan fingerprint density at radius 3 is 2.26 bits per heavy atom. The molecule has 1 N–H and O–H groups in total. The van der Waals surface area contributed by atoms with Crippen molar-refractivity contribution in [3.05, 3.63) is 48.5 Å². The van der Waals surface area contributed by atoms with E-state index in [1.165, 1.54) is 6.07 Å². The van der Waals surface area contributed by atoms with Crippen LogP contribution >= 0.6 is 50.5 Å². The molecule has 0 aliphatic carbocycles. The fourth-order valence-electron chi connectivity index (χ4n) is 1.34. The molecular formula is C11H4BrCl2F2NOS. The van der Waals surface area contributed by atoms with Crippen molar-refractivity contribution in [2.24, 2.45) is 0 Å². The molecule has 19 heavy (non-hydrogen) atoms. The van der Waals surface area contributed by atoms with Gasteiger partial charge in [0.2, 0.25) is 0 Å². The summed E-state index contributed by atoms with van der Waals surface area (Å²) in [5.74, 6) is -2.51. The van der Waals surface area contributed by atoms with Crippen LogP contribution in [0.3, 0.4) is 0 Å². The first-order valence-electron chi connectivity index (χ1n) is 4.79. The number of amides is 1. The van der Waals surface area contributed by atoms with E-state index in [-0.39, 0.29) is 14.4 Å². The van der Waals surface area contributed by atoms with Gasteiger partial charge < -0.3 is 5.32 Å². The molecule has 8 heteroatoms. The molecule has 0 bridgehead atoms. The van der Waals surface area contributed by atoms with Crippen LogP contribution in [0.1, 0.15) is 10.4 Å². The Balaban J connectivity index is 2.32. The molecule has 100 valence electrons. The van der Waals surface area contributed by atoms with E-state index in [2.05, 4.69) is 21.2 Å². The average Bonchev–Trinajstić information content (AvgIpc) is 2.62. The number of benzene rings is 1. The summed E-state index contributed by atoms with van der Waals surface area (Å²) < 4.78 is 27.8. The summed E-state index contributed by atoms with van der Waals surface area (Å²) in [6.07, 6.45) is 0. The lowest BCUT2D eigenvalue weighted by Gasteiger charge is -2.07. The second kappa shape index (κ2) is 5.75. The minimum absolute atomic E-state index is 0.0679. The quantitative estimate of drug-likeness (QED) is 0.740. The summed E-state index contributed by atoms with van der Waals surface area (Å²) >= 11 is 15.4. The number of halogens is 5. The normalized spacial score (nSPS) is 10.6. The molecule has 0 aliphatic rings. The lowest BCUT2D eigenvalue weighted by molar-refractivity contribution is 0.102. The van der Waals surface area contributed by atoms with Gasteiger partial charge in [0, 0.05) is 4.47 Å². The smallest absolute Gasteiger partial charge is 0.258 e. The third kappa shape index (κ3) is 3.25. The number of thiophene rings is 1. The number of carbonyl (C=O) groups excluding carboxylic acids is 1. The van der Waals surface area contributed by atoms with Crippen molar-refractivity contribution < 1.29 is 13.6 Å². The molecule has 0 saturated carbocycles. The van der Waals surface area contributed by atoms with E-state index < -0.39 is 23.2 Å². The van der Waals surface area contributed by atoms with Crippen LogP contribution in [0, 0.1) is 11.6 Å². The van der Waals surface area contributed by atoms with Crippen LogP contribution in [-0.4, -0.2) is 5.91 Å². The van der Waals surface area contributed by atoms with Crippen molar-refractivity contribution in [1.29, 1.82) is 0 Å². The highest BCUT2D eigenvalue weighted by molar-refractivity contribution is 9.10. The molecule has 0 saturated heterocycles. The van der Waals surface area contributed by atoms with Crippen molar-refractivity contribution in [2.75, 3.05) is 5.32 Å². The van der Waals surface area contributed by atoms with Crippen LogP contribution in [0.15, 0.2) is 22.7 Å². The van der Waals surface area contributed by atoms with Gasteiger partial charge in [-0.1, -0.05) is 39.1 Å². The summed E-state index contributed by atoms with van der Waals surface area (Å²) in [5.41, 5.74) is -0.468. The number of hydrogen-bond acceptors (Lipinski definition) is 2. The van der Waals surface area contributed by atoms with Crippen LogP contribution in [0.2, 0.25) is 8.67 Å².